The van der Waals surface area contributed by atoms with E-state index in [4.69, 9.17) is 5.73 Å². The zero-order chi connectivity index (χ0) is 14.5. The Morgan fingerprint density at radius 3 is 2.62 bits per heavy atom. The van der Waals surface area contributed by atoms with Gasteiger partial charge in [-0.3, -0.25) is 4.79 Å². The average Bonchev–Trinajstić information content (AvgIpc) is 2.96. The van der Waals surface area contributed by atoms with Gasteiger partial charge >= 0.3 is 0 Å². The zero-order valence-electron chi connectivity index (χ0n) is 13.0. The van der Waals surface area contributed by atoms with Crippen molar-refractivity contribution in [3.63, 3.8) is 0 Å². The lowest BCUT2D eigenvalue weighted by Gasteiger charge is -2.29. The number of halogens is 1. The van der Waals surface area contributed by atoms with Crippen molar-refractivity contribution in [2.45, 2.75) is 52.1 Å². The first-order valence-corrected chi connectivity index (χ1v) is 7.77. The highest BCUT2D eigenvalue weighted by Crippen LogP contribution is 2.28. The minimum absolute atomic E-state index is 0. The van der Waals surface area contributed by atoms with Crippen molar-refractivity contribution >= 4 is 18.3 Å². The Morgan fingerprint density at radius 2 is 2.05 bits per heavy atom. The Morgan fingerprint density at radius 1 is 1.38 bits per heavy atom. The SMILES string of the molecule is CCCC(C)C1CCCN1C(=O)c1ccc(CN)cc1.Cl. The molecule has 2 unspecified atom stereocenters. The highest BCUT2D eigenvalue weighted by Gasteiger charge is 2.32. The van der Waals surface area contributed by atoms with E-state index >= 15 is 0 Å². The predicted octanol–water partition coefficient (Wildman–Crippen LogP) is 3.61. The lowest BCUT2D eigenvalue weighted by Crippen LogP contribution is -2.39. The lowest BCUT2D eigenvalue weighted by atomic mass is 9.94. The van der Waals surface area contributed by atoms with Crippen LogP contribution in [0.1, 0.15) is 55.5 Å². The predicted molar refractivity (Wildman–Crippen MR) is 89.7 cm³/mol. The van der Waals surface area contributed by atoms with Gasteiger partial charge in [0, 0.05) is 24.7 Å². The first kappa shape index (κ1) is 18.0. The van der Waals surface area contributed by atoms with Crippen LogP contribution in [-0.4, -0.2) is 23.4 Å². The van der Waals surface area contributed by atoms with Crippen molar-refractivity contribution in [1.82, 2.24) is 4.90 Å². The maximum atomic E-state index is 12.7. The zero-order valence-corrected chi connectivity index (χ0v) is 13.9. The third-order valence-electron chi connectivity index (χ3n) is 4.40. The summed E-state index contributed by atoms with van der Waals surface area (Å²) in [6.07, 6.45) is 4.66. The Bertz CT molecular complexity index is 447. The van der Waals surface area contributed by atoms with Gasteiger partial charge in [-0.2, -0.15) is 0 Å². The second-order valence-corrected chi connectivity index (χ2v) is 5.88. The number of rotatable bonds is 5. The van der Waals surface area contributed by atoms with Gasteiger partial charge < -0.3 is 10.6 Å². The highest BCUT2D eigenvalue weighted by molar-refractivity contribution is 5.94. The van der Waals surface area contributed by atoms with Crippen LogP contribution in [0.15, 0.2) is 24.3 Å². The molecule has 21 heavy (non-hydrogen) atoms. The van der Waals surface area contributed by atoms with Gasteiger partial charge in [0.15, 0.2) is 0 Å². The van der Waals surface area contributed by atoms with Gasteiger partial charge in [-0.1, -0.05) is 32.4 Å². The van der Waals surface area contributed by atoms with E-state index in [-0.39, 0.29) is 18.3 Å². The molecule has 1 fully saturated rings. The number of hydrogen-bond acceptors (Lipinski definition) is 2. The number of carbonyl (C=O) groups excluding carboxylic acids is 1. The molecule has 1 aliphatic rings. The molecule has 2 atom stereocenters. The summed E-state index contributed by atoms with van der Waals surface area (Å²) < 4.78 is 0. The summed E-state index contributed by atoms with van der Waals surface area (Å²) >= 11 is 0. The van der Waals surface area contributed by atoms with E-state index in [1.165, 1.54) is 12.8 Å². The van der Waals surface area contributed by atoms with Gasteiger partial charge in [0.1, 0.15) is 0 Å². The molecular formula is C17H27ClN2O. The van der Waals surface area contributed by atoms with Gasteiger partial charge in [-0.15, -0.1) is 12.4 Å². The smallest absolute Gasteiger partial charge is 0.254 e. The molecular weight excluding hydrogens is 284 g/mol. The number of carbonyl (C=O) groups is 1. The third kappa shape index (κ3) is 4.21. The summed E-state index contributed by atoms with van der Waals surface area (Å²) in [7, 11) is 0. The Labute approximate surface area is 134 Å². The second-order valence-electron chi connectivity index (χ2n) is 5.88. The maximum Gasteiger partial charge on any atom is 0.254 e. The van der Waals surface area contributed by atoms with Crippen LogP contribution in [0.3, 0.4) is 0 Å². The van der Waals surface area contributed by atoms with Crippen molar-refractivity contribution in [2.75, 3.05) is 6.54 Å². The third-order valence-corrected chi connectivity index (χ3v) is 4.40. The standard InChI is InChI=1S/C17H26N2O.ClH/c1-3-5-13(2)16-6-4-11-19(16)17(20)15-9-7-14(12-18)8-10-15;/h7-10,13,16H,3-6,11-12,18H2,1-2H3;1H. The molecule has 1 aromatic carbocycles. The van der Waals surface area contributed by atoms with Crippen LogP contribution < -0.4 is 5.73 Å². The molecule has 0 bridgehead atoms. The first-order valence-electron chi connectivity index (χ1n) is 7.77. The van der Waals surface area contributed by atoms with E-state index < -0.39 is 0 Å². The minimum Gasteiger partial charge on any atom is -0.335 e. The van der Waals surface area contributed by atoms with E-state index in [1.807, 2.05) is 24.3 Å². The summed E-state index contributed by atoms with van der Waals surface area (Å²) in [6, 6.07) is 8.13. The Balaban J connectivity index is 0.00000220. The van der Waals surface area contributed by atoms with Crippen molar-refractivity contribution in [1.29, 1.82) is 0 Å². The van der Waals surface area contributed by atoms with E-state index in [1.54, 1.807) is 0 Å². The summed E-state index contributed by atoms with van der Waals surface area (Å²) in [5.41, 5.74) is 7.46. The van der Waals surface area contributed by atoms with Crippen LogP contribution in [0.4, 0.5) is 0 Å². The van der Waals surface area contributed by atoms with Crippen LogP contribution in [0, 0.1) is 5.92 Å². The number of amides is 1. The Kier molecular flexibility index (Phi) is 7.20. The fourth-order valence-corrected chi connectivity index (χ4v) is 3.23. The van der Waals surface area contributed by atoms with Crippen LogP contribution in [-0.2, 0) is 6.54 Å². The van der Waals surface area contributed by atoms with Crippen LogP contribution in [0.2, 0.25) is 0 Å². The monoisotopic (exact) mass is 310 g/mol. The second kappa shape index (κ2) is 8.40. The van der Waals surface area contributed by atoms with Crippen molar-refractivity contribution < 1.29 is 4.79 Å². The normalized spacial score (nSPS) is 19.2. The highest BCUT2D eigenvalue weighted by atomic mass is 35.5. The van der Waals surface area contributed by atoms with Gasteiger partial charge in [0.2, 0.25) is 0 Å². The molecule has 2 N–H and O–H groups in total. The fourth-order valence-electron chi connectivity index (χ4n) is 3.23. The molecule has 1 saturated heterocycles. The van der Waals surface area contributed by atoms with E-state index in [9.17, 15) is 4.79 Å². The van der Waals surface area contributed by atoms with E-state index in [0.717, 1.165) is 30.5 Å². The van der Waals surface area contributed by atoms with Gasteiger partial charge in [-0.05, 0) is 42.9 Å². The van der Waals surface area contributed by atoms with Crippen molar-refractivity contribution in [3.8, 4) is 0 Å². The first-order chi connectivity index (χ1) is 9.67. The minimum atomic E-state index is 0. The van der Waals surface area contributed by atoms with Crippen LogP contribution in [0.25, 0.3) is 0 Å². The molecule has 0 spiro atoms. The molecule has 0 radical (unpaired) electrons. The summed E-state index contributed by atoms with van der Waals surface area (Å²) in [5.74, 6) is 0.772. The molecule has 1 amide bonds. The van der Waals surface area contributed by atoms with E-state index in [2.05, 4.69) is 18.7 Å². The molecule has 2 rings (SSSR count). The summed E-state index contributed by atoms with van der Waals surface area (Å²) in [5, 5.41) is 0. The summed E-state index contributed by atoms with van der Waals surface area (Å²) in [6.45, 7) is 5.91. The van der Waals surface area contributed by atoms with Crippen molar-refractivity contribution in [2.24, 2.45) is 11.7 Å². The molecule has 0 saturated carbocycles. The van der Waals surface area contributed by atoms with Gasteiger partial charge in [0.25, 0.3) is 5.91 Å². The van der Waals surface area contributed by atoms with Gasteiger partial charge in [0.05, 0.1) is 0 Å². The fraction of sp³-hybridized carbons (Fsp3) is 0.588. The number of nitrogens with zero attached hydrogens (tertiary/aromatic N) is 1. The average molecular weight is 311 g/mol. The summed E-state index contributed by atoms with van der Waals surface area (Å²) in [4.78, 5) is 14.7. The molecule has 1 aromatic rings. The maximum absolute atomic E-state index is 12.7. The number of hydrogen-bond donors (Lipinski definition) is 1. The molecule has 1 heterocycles. The quantitative estimate of drug-likeness (QED) is 0.903. The molecule has 1 aliphatic heterocycles. The largest absolute Gasteiger partial charge is 0.335 e. The lowest BCUT2D eigenvalue weighted by molar-refractivity contribution is 0.0690. The van der Waals surface area contributed by atoms with Gasteiger partial charge in [-0.25, -0.2) is 0 Å². The number of nitrogens with two attached hydrogens (primary N) is 1. The topological polar surface area (TPSA) is 46.3 Å². The Hall–Kier alpha value is -1.06. The number of likely N-dealkylation sites (tertiary alicyclic amines) is 1. The van der Waals surface area contributed by atoms with Crippen molar-refractivity contribution in [3.05, 3.63) is 35.4 Å². The molecule has 4 heteroatoms. The molecule has 3 nitrogen and oxygen atoms in total. The number of benzene rings is 1. The van der Waals surface area contributed by atoms with Crippen LogP contribution in [0.5, 0.6) is 0 Å². The molecule has 0 aliphatic carbocycles. The molecule has 118 valence electrons. The molecule has 0 aromatic heterocycles. The van der Waals surface area contributed by atoms with E-state index in [0.29, 0.717) is 18.5 Å². The van der Waals surface area contributed by atoms with Crippen LogP contribution >= 0.6 is 12.4 Å².